The molecule has 3 rings (SSSR count). The van der Waals surface area contributed by atoms with Gasteiger partial charge in [0.05, 0.1) is 17.4 Å². The minimum absolute atomic E-state index is 0.243. The molecule has 0 atom stereocenters. The summed E-state index contributed by atoms with van der Waals surface area (Å²) in [6, 6.07) is 11.6. The van der Waals surface area contributed by atoms with E-state index in [1.807, 2.05) is 12.1 Å². The van der Waals surface area contributed by atoms with E-state index in [1.54, 1.807) is 30.7 Å². The van der Waals surface area contributed by atoms with Gasteiger partial charge in [0.25, 0.3) is 5.91 Å². The first-order chi connectivity index (χ1) is 12.6. The molecule has 1 amide bonds. The molecule has 1 aromatic heterocycles. The monoisotopic (exact) mass is 385 g/mol. The van der Waals surface area contributed by atoms with Crippen molar-refractivity contribution in [2.24, 2.45) is 5.10 Å². The van der Waals surface area contributed by atoms with Gasteiger partial charge in [-0.05, 0) is 55.9 Å². The molecule has 1 saturated heterocycles. The fraction of sp³-hybridized carbons (Fsp3) is 0.211. The highest BCUT2D eigenvalue weighted by Gasteiger charge is 2.32. The van der Waals surface area contributed by atoms with Gasteiger partial charge in [0.15, 0.2) is 4.32 Å². The molecular weight excluding hydrogens is 366 g/mol. The lowest BCUT2D eigenvalue weighted by atomic mass is 10.2. The Bertz CT molecular complexity index is 838. The Balaban J connectivity index is 1.72. The Morgan fingerprint density at radius 2 is 1.96 bits per heavy atom. The SMILES string of the molecule is CCN(CC)c1ccc(/C=N/N2C(=O)/C(=C\c3ccco3)SC2=S)cc1. The van der Waals surface area contributed by atoms with Gasteiger partial charge in [-0.2, -0.15) is 10.1 Å². The number of amides is 1. The van der Waals surface area contributed by atoms with Crippen LogP contribution in [0.1, 0.15) is 25.2 Å². The predicted molar refractivity (Wildman–Crippen MR) is 111 cm³/mol. The maximum absolute atomic E-state index is 12.5. The normalized spacial score (nSPS) is 16.2. The van der Waals surface area contributed by atoms with Crippen LogP contribution >= 0.6 is 24.0 Å². The van der Waals surface area contributed by atoms with Crippen LogP contribution in [0, 0.1) is 0 Å². The van der Waals surface area contributed by atoms with Crippen LogP contribution in [0.15, 0.2) is 57.1 Å². The van der Waals surface area contributed by atoms with Crippen molar-refractivity contribution in [3.8, 4) is 0 Å². The lowest BCUT2D eigenvalue weighted by Crippen LogP contribution is -2.22. The molecule has 0 aliphatic carbocycles. The topological polar surface area (TPSA) is 49.0 Å². The summed E-state index contributed by atoms with van der Waals surface area (Å²) in [5.74, 6) is 0.369. The second-order valence-corrected chi connectivity index (χ2v) is 7.19. The maximum atomic E-state index is 12.5. The van der Waals surface area contributed by atoms with E-state index in [2.05, 4.69) is 36.0 Å². The van der Waals surface area contributed by atoms with E-state index in [4.69, 9.17) is 16.6 Å². The van der Waals surface area contributed by atoms with Gasteiger partial charge in [0.2, 0.25) is 0 Å². The Labute approximate surface area is 162 Å². The Morgan fingerprint density at radius 1 is 1.23 bits per heavy atom. The fourth-order valence-electron chi connectivity index (χ4n) is 2.55. The minimum atomic E-state index is -0.243. The zero-order chi connectivity index (χ0) is 18.5. The number of carbonyl (C=O) groups excluding carboxylic acids is 1. The van der Waals surface area contributed by atoms with E-state index in [-0.39, 0.29) is 5.91 Å². The third kappa shape index (κ3) is 4.05. The summed E-state index contributed by atoms with van der Waals surface area (Å²) in [6.45, 7) is 6.18. The van der Waals surface area contributed by atoms with Gasteiger partial charge in [0, 0.05) is 24.9 Å². The van der Waals surface area contributed by atoms with E-state index in [0.717, 1.165) is 18.7 Å². The molecule has 1 fully saturated rings. The first kappa shape index (κ1) is 18.4. The van der Waals surface area contributed by atoms with E-state index in [9.17, 15) is 4.79 Å². The van der Waals surface area contributed by atoms with Crippen LogP contribution in [0.4, 0.5) is 5.69 Å². The van der Waals surface area contributed by atoms with Crippen LogP contribution in [-0.4, -0.2) is 34.5 Å². The van der Waals surface area contributed by atoms with Gasteiger partial charge in [-0.3, -0.25) is 4.79 Å². The smallest absolute Gasteiger partial charge is 0.286 e. The van der Waals surface area contributed by atoms with Crippen molar-refractivity contribution in [2.75, 3.05) is 18.0 Å². The number of nitrogens with zero attached hydrogens (tertiary/aromatic N) is 3. The van der Waals surface area contributed by atoms with Gasteiger partial charge in [-0.25, -0.2) is 0 Å². The molecule has 1 aliphatic rings. The van der Waals surface area contributed by atoms with E-state index in [1.165, 1.54) is 22.5 Å². The van der Waals surface area contributed by atoms with Crippen molar-refractivity contribution in [1.82, 2.24) is 5.01 Å². The number of carbonyl (C=O) groups is 1. The number of hydrazone groups is 1. The molecule has 26 heavy (non-hydrogen) atoms. The third-order valence-corrected chi connectivity index (χ3v) is 5.22. The number of benzene rings is 1. The molecule has 134 valence electrons. The van der Waals surface area contributed by atoms with Crippen molar-refractivity contribution >= 4 is 52.2 Å². The molecular formula is C19H19N3O2S2. The highest BCUT2D eigenvalue weighted by molar-refractivity contribution is 8.26. The molecule has 0 bridgehead atoms. The van der Waals surface area contributed by atoms with Crippen LogP contribution < -0.4 is 4.90 Å². The molecule has 0 saturated carbocycles. The summed E-state index contributed by atoms with van der Waals surface area (Å²) in [4.78, 5) is 15.2. The summed E-state index contributed by atoms with van der Waals surface area (Å²) in [5.41, 5.74) is 2.07. The average molecular weight is 386 g/mol. The molecule has 5 nitrogen and oxygen atoms in total. The van der Waals surface area contributed by atoms with Crippen molar-refractivity contribution in [3.63, 3.8) is 0 Å². The number of rotatable bonds is 6. The lowest BCUT2D eigenvalue weighted by Gasteiger charge is -2.20. The van der Waals surface area contributed by atoms with Gasteiger partial charge < -0.3 is 9.32 Å². The summed E-state index contributed by atoms with van der Waals surface area (Å²) >= 11 is 6.48. The molecule has 1 aliphatic heterocycles. The van der Waals surface area contributed by atoms with Crippen molar-refractivity contribution in [2.45, 2.75) is 13.8 Å². The number of thiocarbonyl (C=S) groups is 1. The first-order valence-corrected chi connectivity index (χ1v) is 9.55. The predicted octanol–water partition coefficient (Wildman–Crippen LogP) is 4.36. The summed E-state index contributed by atoms with van der Waals surface area (Å²) < 4.78 is 5.65. The van der Waals surface area contributed by atoms with Gasteiger partial charge in [-0.1, -0.05) is 23.9 Å². The molecule has 0 radical (unpaired) electrons. The van der Waals surface area contributed by atoms with Crippen molar-refractivity contribution < 1.29 is 9.21 Å². The highest BCUT2D eigenvalue weighted by atomic mass is 32.2. The van der Waals surface area contributed by atoms with E-state index < -0.39 is 0 Å². The number of anilines is 1. The van der Waals surface area contributed by atoms with Gasteiger partial charge >= 0.3 is 0 Å². The average Bonchev–Trinajstić information content (AvgIpc) is 3.25. The van der Waals surface area contributed by atoms with Crippen LogP contribution in [0.5, 0.6) is 0 Å². The molecule has 1 aromatic carbocycles. The van der Waals surface area contributed by atoms with Gasteiger partial charge in [-0.15, -0.1) is 0 Å². The zero-order valence-corrected chi connectivity index (χ0v) is 16.2. The summed E-state index contributed by atoms with van der Waals surface area (Å²) in [7, 11) is 0. The van der Waals surface area contributed by atoms with Crippen LogP contribution in [-0.2, 0) is 4.79 Å². The standard InChI is InChI=1S/C19H19N3O2S2/c1-3-21(4-2)15-9-7-14(8-10-15)13-20-22-18(23)17(26-19(22)25)12-16-6-5-11-24-16/h5-13H,3-4H2,1-2H3/b17-12+,20-13+. The Kier molecular flexibility index (Phi) is 5.90. The van der Waals surface area contributed by atoms with Crippen LogP contribution in [0.3, 0.4) is 0 Å². The quantitative estimate of drug-likeness (QED) is 0.420. The molecule has 0 N–H and O–H groups in total. The van der Waals surface area contributed by atoms with Crippen molar-refractivity contribution in [1.29, 1.82) is 0 Å². The second-order valence-electron chi connectivity index (χ2n) is 5.52. The largest absolute Gasteiger partial charge is 0.465 e. The maximum Gasteiger partial charge on any atom is 0.286 e. The van der Waals surface area contributed by atoms with E-state index in [0.29, 0.717) is 15.0 Å². The zero-order valence-electron chi connectivity index (χ0n) is 14.6. The molecule has 0 spiro atoms. The minimum Gasteiger partial charge on any atom is -0.465 e. The second kappa shape index (κ2) is 8.33. The van der Waals surface area contributed by atoms with E-state index >= 15 is 0 Å². The van der Waals surface area contributed by atoms with Crippen LogP contribution in [0.2, 0.25) is 0 Å². The highest BCUT2D eigenvalue weighted by Crippen LogP contribution is 2.32. The van der Waals surface area contributed by atoms with Crippen LogP contribution in [0.25, 0.3) is 6.08 Å². The molecule has 2 aromatic rings. The number of hydrogen-bond acceptors (Lipinski definition) is 6. The number of hydrogen-bond donors (Lipinski definition) is 0. The van der Waals surface area contributed by atoms with Gasteiger partial charge in [0.1, 0.15) is 5.76 Å². The number of thioether (sulfide) groups is 1. The number of furan rings is 1. The molecule has 7 heteroatoms. The first-order valence-electron chi connectivity index (χ1n) is 8.32. The molecule has 2 heterocycles. The lowest BCUT2D eigenvalue weighted by molar-refractivity contribution is -0.122. The third-order valence-electron chi connectivity index (χ3n) is 3.93. The fourth-order valence-corrected chi connectivity index (χ4v) is 3.70. The summed E-state index contributed by atoms with van der Waals surface area (Å²) in [5, 5.41) is 5.50. The van der Waals surface area contributed by atoms with Crippen molar-refractivity contribution in [3.05, 3.63) is 58.9 Å². The Hall–Kier alpha value is -2.38. The molecule has 0 unspecified atom stereocenters. The Morgan fingerprint density at radius 3 is 2.58 bits per heavy atom. The summed E-state index contributed by atoms with van der Waals surface area (Å²) in [6.07, 6.45) is 4.88.